The highest BCUT2D eigenvalue weighted by atomic mass is 32.2. The highest BCUT2D eigenvalue weighted by molar-refractivity contribution is 7.86. The number of aromatic nitrogens is 1. The van der Waals surface area contributed by atoms with Gasteiger partial charge in [0.05, 0.1) is 5.56 Å². The van der Waals surface area contributed by atoms with E-state index in [2.05, 4.69) is 15.4 Å². The minimum absolute atomic E-state index is 0.0169. The maximum absolute atomic E-state index is 11.9. The molecular formula is C14H12N4O5S. The van der Waals surface area contributed by atoms with E-state index in [9.17, 15) is 13.2 Å². The molecule has 0 amide bonds. The van der Waals surface area contributed by atoms with Gasteiger partial charge in [-0.2, -0.15) is 8.42 Å². The Bertz CT molecular complexity index is 864. The summed E-state index contributed by atoms with van der Waals surface area (Å²) >= 11 is 0. The molecular weight excluding hydrogens is 336 g/mol. The van der Waals surface area contributed by atoms with Gasteiger partial charge >= 0.3 is 16.1 Å². The minimum atomic E-state index is -4.03. The molecule has 1 aromatic heterocycles. The quantitative estimate of drug-likeness (QED) is 0.396. The Kier molecular flexibility index (Phi) is 5.22. The van der Waals surface area contributed by atoms with Crippen LogP contribution in [0.25, 0.3) is 0 Å². The van der Waals surface area contributed by atoms with Crippen LogP contribution in [-0.2, 0) is 14.3 Å². The Morgan fingerprint density at radius 3 is 2.50 bits per heavy atom. The molecule has 0 aliphatic rings. The fourth-order valence-corrected chi connectivity index (χ4v) is 2.38. The van der Waals surface area contributed by atoms with Crippen molar-refractivity contribution < 1.29 is 22.5 Å². The summed E-state index contributed by atoms with van der Waals surface area (Å²) < 4.78 is 28.6. The first kappa shape index (κ1) is 17.1. The zero-order chi connectivity index (χ0) is 17.6. The third-order valence-corrected chi connectivity index (χ3v) is 3.90. The van der Waals surface area contributed by atoms with Gasteiger partial charge in [-0.05, 0) is 24.3 Å². The van der Waals surface area contributed by atoms with Gasteiger partial charge in [-0.3, -0.25) is 0 Å². The van der Waals surface area contributed by atoms with Crippen LogP contribution < -0.4 is 5.32 Å². The molecule has 9 nitrogen and oxygen atoms in total. The van der Waals surface area contributed by atoms with Crippen LogP contribution in [0.2, 0.25) is 0 Å². The molecule has 0 saturated carbocycles. The number of benzene rings is 1. The molecule has 0 aliphatic heterocycles. The maximum Gasteiger partial charge on any atom is 0.338 e. The standard InChI is InChI=1S/C14H12N4O5S/c15-18-13(17-12-7-6-10(8-16-12)14(19)20)9-23-24(21,22)11-4-2-1-3-5-11/h1-9,15H,(H,16,17)(H,19,20)/b13-9+,18-15?. The fourth-order valence-electron chi connectivity index (χ4n) is 1.56. The summed E-state index contributed by atoms with van der Waals surface area (Å²) in [6.45, 7) is 0. The lowest BCUT2D eigenvalue weighted by Gasteiger charge is -2.06. The monoisotopic (exact) mass is 348 g/mol. The van der Waals surface area contributed by atoms with Gasteiger partial charge in [-0.25, -0.2) is 15.3 Å². The number of carboxylic acids is 1. The summed E-state index contributed by atoms with van der Waals surface area (Å²) in [5.74, 6) is -1.19. The van der Waals surface area contributed by atoms with Gasteiger partial charge < -0.3 is 14.6 Å². The van der Waals surface area contributed by atoms with Gasteiger partial charge in [0.15, 0.2) is 12.1 Å². The van der Waals surface area contributed by atoms with Crippen LogP contribution in [0, 0.1) is 5.53 Å². The molecule has 2 rings (SSSR count). The lowest BCUT2D eigenvalue weighted by molar-refractivity contribution is 0.0696. The number of hydrogen-bond donors (Lipinski definition) is 3. The zero-order valence-electron chi connectivity index (χ0n) is 12.1. The van der Waals surface area contributed by atoms with Gasteiger partial charge in [0, 0.05) is 6.20 Å². The highest BCUT2D eigenvalue weighted by Crippen LogP contribution is 2.14. The second kappa shape index (κ2) is 7.33. The Labute approximate surface area is 137 Å². The Morgan fingerprint density at radius 2 is 1.96 bits per heavy atom. The van der Waals surface area contributed by atoms with Gasteiger partial charge in [0.1, 0.15) is 10.7 Å². The molecule has 0 unspecified atom stereocenters. The lowest BCUT2D eigenvalue weighted by Crippen LogP contribution is -2.05. The molecule has 0 fully saturated rings. The van der Waals surface area contributed by atoms with E-state index in [0.29, 0.717) is 0 Å². The van der Waals surface area contributed by atoms with E-state index in [0.717, 1.165) is 12.5 Å². The summed E-state index contributed by atoms with van der Waals surface area (Å²) in [6.07, 6.45) is 1.86. The van der Waals surface area contributed by atoms with E-state index in [1.54, 1.807) is 18.2 Å². The average molecular weight is 348 g/mol. The van der Waals surface area contributed by atoms with Crippen LogP contribution in [0.1, 0.15) is 10.4 Å². The van der Waals surface area contributed by atoms with Crippen LogP contribution in [0.3, 0.4) is 0 Å². The predicted octanol–water partition coefficient (Wildman–Crippen LogP) is 2.43. The van der Waals surface area contributed by atoms with Gasteiger partial charge in [0.25, 0.3) is 0 Å². The molecule has 0 bridgehead atoms. The number of nitrogens with one attached hydrogen (secondary N) is 2. The number of rotatable bonds is 7. The van der Waals surface area contributed by atoms with Gasteiger partial charge in [-0.1, -0.05) is 18.2 Å². The van der Waals surface area contributed by atoms with E-state index >= 15 is 0 Å². The summed E-state index contributed by atoms with van der Waals surface area (Å²) in [5, 5.41) is 14.4. The highest BCUT2D eigenvalue weighted by Gasteiger charge is 2.14. The SMILES string of the molecule is N=N/C(=C/OS(=O)(=O)c1ccccc1)Nc1ccc(C(=O)O)cn1. The largest absolute Gasteiger partial charge is 0.478 e. The number of aromatic carboxylic acids is 1. The normalized spacial score (nSPS) is 11.6. The molecule has 3 N–H and O–H groups in total. The van der Waals surface area contributed by atoms with Crippen LogP contribution in [-0.4, -0.2) is 24.5 Å². The maximum atomic E-state index is 11.9. The number of carboxylic acid groups (broad SMARTS) is 1. The van der Waals surface area contributed by atoms with Crippen LogP contribution in [0.15, 0.2) is 70.8 Å². The third kappa shape index (κ3) is 4.36. The van der Waals surface area contributed by atoms with Crippen molar-refractivity contribution in [1.82, 2.24) is 4.98 Å². The number of hydrogen-bond acceptors (Lipinski definition) is 8. The molecule has 1 heterocycles. The zero-order valence-corrected chi connectivity index (χ0v) is 12.9. The first-order chi connectivity index (χ1) is 11.4. The van der Waals surface area contributed by atoms with Crippen LogP contribution in [0.5, 0.6) is 0 Å². The molecule has 0 saturated heterocycles. The van der Waals surface area contributed by atoms with Crippen LogP contribution in [0.4, 0.5) is 5.82 Å². The molecule has 124 valence electrons. The molecule has 0 radical (unpaired) electrons. The average Bonchev–Trinajstić information content (AvgIpc) is 2.59. The number of pyridine rings is 1. The predicted molar refractivity (Wildman–Crippen MR) is 82.8 cm³/mol. The molecule has 0 aliphatic carbocycles. The summed E-state index contributed by atoms with van der Waals surface area (Å²) in [7, 11) is -4.03. The van der Waals surface area contributed by atoms with Crippen molar-refractivity contribution in [3.05, 3.63) is 66.3 Å². The second-order valence-corrected chi connectivity index (χ2v) is 5.91. The van der Waals surface area contributed by atoms with Crippen molar-refractivity contribution in [3.63, 3.8) is 0 Å². The lowest BCUT2D eigenvalue weighted by atomic mass is 10.3. The molecule has 0 atom stereocenters. The second-order valence-electron chi connectivity index (χ2n) is 4.34. The number of nitrogens with zero attached hydrogens (tertiary/aromatic N) is 2. The van der Waals surface area contributed by atoms with Crippen molar-refractivity contribution in [1.29, 1.82) is 5.53 Å². The molecule has 10 heteroatoms. The summed E-state index contributed by atoms with van der Waals surface area (Å²) in [5.41, 5.74) is 7.01. The van der Waals surface area contributed by atoms with E-state index in [1.165, 1.54) is 24.3 Å². The third-order valence-electron chi connectivity index (χ3n) is 2.71. The fraction of sp³-hybridized carbons (Fsp3) is 0. The Balaban J connectivity index is 2.12. The van der Waals surface area contributed by atoms with E-state index in [-0.39, 0.29) is 22.1 Å². The topological polar surface area (TPSA) is 142 Å². The Hall–Kier alpha value is -3.27. The summed E-state index contributed by atoms with van der Waals surface area (Å²) in [6, 6.07) is 10.1. The van der Waals surface area contributed by atoms with Crippen molar-refractivity contribution in [2.45, 2.75) is 4.90 Å². The van der Waals surface area contributed by atoms with Gasteiger partial charge in [-0.15, -0.1) is 5.11 Å². The van der Waals surface area contributed by atoms with Crippen LogP contribution >= 0.6 is 0 Å². The smallest absolute Gasteiger partial charge is 0.338 e. The van der Waals surface area contributed by atoms with Crippen molar-refractivity contribution in [2.24, 2.45) is 5.11 Å². The Morgan fingerprint density at radius 1 is 1.25 bits per heavy atom. The first-order valence-corrected chi connectivity index (χ1v) is 7.85. The number of carbonyl (C=O) groups is 1. The minimum Gasteiger partial charge on any atom is -0.478 e. The van der Waals surface area contributed by atoms with Crippen molar-refractivity contribution in [3.8, 4) is 0 Å². The first-order valence-electron chi connectivity index (χ1n) is 6.45. The molecule has 2 aromatic rings. The van der Waals surface area contributed by atoms with Crippen molar-refractivity contribution in [2.75, 3.05) is 5.32 Å². The van der Waals surface area contributed by atoms with E-state index in [4.69, 9.17) is 14.8 Å². The number of anilines is 1. The summed E-state index contributed by atoms with van der Waals surface area (Å²) in [4.78, 5) is 14.5. The van der Waals surface area contributed by atoms with E-state index in [1.807, 2.05) is 0 Å². The van der Waals surface area contributed by atoms with Gasteiger partial charge in [0.2, 0.25) is 0 Å². The molecule has 1 aromatic carbocycles. The van der Waals surface area contributed by atoms with E-state index < -0.39 is 16.1 Å². The molecule has 0 spiro atoms. The van der Waals surface area contributed by atoms with Crippen molar-refractivity contribution >= 4 is 21.9 Å². The molecule has 24 heavy (non-hydrogen) atoms.